The molecule has 3 heteroatoms. The maximum atomic E-state index is 7.27. The number of fused-ring (bicyclic) bond motifs is 19. The Hall–Kier alpha value is -9.44. The van der Waals surface area contributed by atoms with Gasteiger partial charge in [-0.3, -0.25) is 0 Å². The molecule has 75 heavy (non-hydrogen) atoms. The zero-order valence-corrected chi connectivity index (χ0v) is 41.5. The van der Waals surface area contributed by atoms with E-state index in [-0.39, 0.29) is 5.41 Å². The molecule has 0 saturated carbocycles. The summed E-state index contributed by atoms with van der Waals surface area (Å²) in [7, 11) is 0. The minimum absolute atomic E-state index is 0.100. The number of hydrogen-bond donors (Lipinski definition) is 0. The number of furan rings is 1. The lowest BCUT2D eigenvalue weighted by Crippen LogP contribution is -2.32. The minimum Gasteiger partial charge on any atom is -0.545 e. The molecule has 0 bridgehead atoms. The van der Waals surface area contributed by atoms with Crippen LogP contribution in [0.4, 0.5) is 17.1 Å². The van der Waals surface area contributed by atoms with Gasteiger partial charge >= 0.3 is 0 Å². The van der Waals surface area contributed by atoms with Gasteiger partial charge in [0.05, 0.1) is 16.2 Å². The Morgan fingerprint density at radius 3 is 1.61 bits per heavy atom. The van der Waals surface area contributed by atoms with Crippen molar-refractivity contribution in [3.63, 3.8) is 0 Å². The predicted molar refractivity (Wildman–Crippen MR) is 310 cm³/mol. The van der Waals surface area contributed by atoms with Crippen LogP contribution in [0.5, 0.6) is 11.5 Å². The highest BCUT2D eigenvalue weighted by molar-refractivity contribution is 6.06. The Balaban J connectivity index is 0.876. The molecule has 16 rings (SSSR count). The summed E-state index contributed by atoms with van der Waals surface area (Å²) in [5.74, 6) is 1.84. The molecule has 0 radical (unpaired) electrons. The molecule has 3 aliphatic rings. The number of para-hydroxylation sites is 1. The molecule has 1 aromatic heterocycles. The molecule has 1 aliphatic heterocycles. The molecule has 0 unspecified atom stereocenters. The largest absolute Gasteiger partial charge is 0.545 e. The van der Waals surface area contributed by atoms with E-state index in [0.29, 0.717) is 0 Å². The molecule has 2 heterocycles. The topological polar surface area (TPSA) is 25.3 Å². The average molecular weight is 959 g/mol. The number of ether oxygens (including phenoxy) is 1. The zero-order chi connectivity index (χ0) is 49.6. The summed E-state index contributed by atoms with van der Waals surface area (Å²) in [6.07, 6.45) is 0. The Morgan fingerprint density at radius 1 is 0.320 bits per heavy atom. The van der Waals surface area contributed by atoms with Crippen molar-refractivity contribution in [1.82, 2.24) is 0 Å². The highest BCUT2D eigenvalue weighted by Gasteiger charge is 2.52. The van der Waals surface area contributed by atoms with Crippen LogP contribution < -0.4 is 9.64 Å². The first-order chi connectivity index (χ1) is 36.9. The van der Waals surface area contributed by atoms with E-state index in [1.807, 2.05) is 0 Å². The Bertz CT molecular complexity index is 4470. The molecule has 0 atom stereocenters. The van der Waals surface area contributed by atoms with Gasteiger partial charge in [0.25, 0.3) is 11.2 Å². The fourth-order valence-corrected chi connectivity index (χ4v) is 13.5. The summed E-state index contributed by atoms with van der Waals surface area (Å²) >= 11 is 0. The van der Waals surface area contributed by atoms with E-state index in [4.69, 9.17) is 9.15 Å². The number of rotatable bonds is 5. The van der Waals surface area contributed by atoms with Crippen LogP contribution in [0.1, 0.15) is 47.2 Å². The normalized spacial score (nSPS) is 14.1. The van der Waals surface area contributed by atoms with Crippen molar-refractivity contribution in [1.29, 1.82) is 0 Å². The van der Waals surface area contributed by atoms with Gasteiger partial charge < -0.3 is 14.1 Å². The second kappa shape index (κ2) is 15.5. The van der Waals surface area contributed by atoms with Crippen molar-refractivity contribution >= 4 is 60.5 Å². The van der Waals surface area contributed by atoms with Gasteiger partial charge in [-0.25, -0.2) is 0 Å². The molecule has 0 amide bonds. The van der Waals surface area contributed by atoms with E-state index in [2.05, 4.69) is 267 Å². The third kappa shape index (κ3) is 5.92. The van der Waals surface area contributed by atoms with E-state index in [1.165, 1.54) is 60.8 Å². The van der Waals surface area contributed by atoms with Crippen LogP contribution in [0, 0.1) is 0 Å². The van der Waals surface area contributed by atoms with Crippen LogP contribution in [0.15, 0.2) is 253 Å². The van der Waals surface area contributed by atoms with Crippen LogP contribution in [-0.4, -0.2) is 0 Å². The van der Waals surface area contributed by atoms with Crippen molar-refractivity contribution < 1.29 is 9.15 Å². The highest BCUT2D eigenvalue weighted by atomic mass is 16.5. The Kier molecular flexibility index (Phi) is 8.72. The molecule has 13 aromatic rings. The Labute approximate surface area is 435 Å². The van der Waals surface area contributed by atoms with Crippen LogP contribution in [-0.2, 0) is 10.8 Å². The van der Waals surface area contributed by atoms with Crippen molar-refractivity contribution in [2.24, 2.45) is 0 Å². The second-order valence-electron chi connectivity index (χ2n) is 21.2. The molecule has 12 aromatic carbocycles. The van der Waals surface area contributed by atoms with Gasteiger partial charge in [-0.05, 0) is 138 Å². The van der Waals surface area contributed by atoms with Crippen LogP contribution in [0.3, 0.4) is 0 Å². The molecule has 3 nitrogen and oxygen atoms in total. The summed E-state index contributed by atoms with van der Waals surface area (Å²) in [5, 5.41) is 6.92. The molecule has 0 saturated heterocycles. The van der Waals surface area contributed by atoms with Gasteiger partial charge in [-0.1, -0.05) is 190 Å². The highest BCUT2D eigenvalue weighted by Crippen LogP contribution is 2.64. The second-order valence-corrected chi connectivity index (χ2v) is 21.2. The SMILES string of the molecule is CC1(C)c2ccccc2-c2cc(N(c3ccc(-c4ccc5[oH+]c6ccccc6c5c4)cc3)c3cccc(-c4ccc5c(c4)C4(c6ccccc6-5)c5ccc6ccccc6c5Oc5c4ccc4ccccc54)c3)ccc21. The van der Waals surface area contributed by atoms with Crippen molar-refractivity contribution in [3.05, 3.63) is 282 Å². The van der Waals surface area contributed by atoms with E-state index in [0.717, 1.165) is 89.1 Å². The van der Waals surface area contributed by atoms with E-state index in [9.17, 15) is 0 Å². The number of hydrogen-bond acceptors (Lipinski definition) is 2. The zero-order valence-electron chi connectivity index (χ0n) is 41.5. The summed E-state index contributed by atoms with van der Waals surface area (Å²) in [6.45, 7) is 4.70. The fourth-order valence-electron chi connectivity index (χ4n) is 13.5. The van der Waals surface area contributed by atoms with Gasteiger partial charge in [-0.2, -0.15) is 0 Å². The lowest BCUT2D eigenvalue weighted by molar-refractivity contribution is 0.447. The van der Waals surface area contributed by atoms with Gasteiger partial charge in [0.1, 0.15) is 11.5 Å². The number of anilines is 3. The van der Waals surface area contributed by atoms with E-state index >= 15 is 0 Å². The summed E-state index contributed by atoms with van der Waals surface area (Å²) in [4.78, 5) is 2.44. The molecular formula is C72H48NO2+. The summed E-state index contributed by atoms with van der Waals surface area (Å²) < 4.78 is 12.2. The molecule has 0 fully saturated rings. The van der Waals surface area contributed by atoms with Crippen molar-refractivity contribution in [3.8, 4) is 56.0 Å². The molecule has 2 aliphatic carbocycles. The summed E-state index contributed by atoms with van der Waals surface area (Å²) in [6, 6.07) is 92.0. The third-order valence-electron chi connectivity index (χ3n) is 17.0. The maximum Gasteiger partial charge on any atom is 0.269 e. The predicted octanol–water partition coefficient (Wildman–Crippen LogP) is 19.6. The molecular weight excluding hydrogens is 911 g/mol. The van der Waals surface area contributed by atoms with Gasteiger partial charge in [0.2, 0.25) is 0 Å². The van der Waals surface area contributed by atoms with Gasteiger partial charge in [0, 0.05) is 56.5 Å². The monoisotopic (exact) mass is 958 g/mol. The van der Waals surface area contributed by atoms with E-state index < -0.39 is 5.41 Å². The van der Waals surface area contributed by atoms with Crippen LogP contribution >= 0.6 is 0 Å². The fraction of sp³-hybridized carbons (Fsp3) is 0.0556. The number of nitrogens with zero attached hydrogens (tertiary/aromatic N) is 1. The molecule has 1 spiro atoms. The van der Waals surface area contributed by atoms with Crippen molar-refractivity contribution in [2.45, 2.75) is 24.7 Å². The van der Waals surface area contributed by atoms with Gasteiger partial charge in [0.15, 0.2) is 0 Å². The average Bonchev–Trinajstić information content (AvgIpc) is 4.28. The summed E-state index contributed by atoms with van der Waals surface area (Å²) in [5.41, 5.74) is 21.9. The minimum atomic E-state index is -0.643. The van der Waals surface area contributed by atoms with E-state index in [1.54, 1.807) is 0 Å². The first-order valence-electron chi connectivity index (χ1n) is 26.1. The van der Waals surface area contributed by atoms with Crippen molar-refractivity contribution in [2.75, 3.05) is 4.90 Å². The third-order valence-corrected chi connectivity index (χ3v) is 17.0. The first-order valence-corrected chi connectivity index (χ1v) is 26.1. The Morgan fingerprint density at radius 2 is 0.853 bits per heavy atom. The first kappa shape index (κ1) is 42.1. The van der Waals surface area contributed by atoms with Crippen LogP contribution in [0.25, 0.3) is 88.0 Å². The molecule has 1 N–H and O–H groups in total. The van der Waals surface area contributed by atoms with Gasteiger partial charge in [-0.15, -0.1) is 0 Å². The molecule has 352 valence electrons. The number of benzene rings is 12. The maximum absolute atomic E-state index is 7.27. The lowest BCUT2D eigenvalue weighted by Gasteiger charge is -2.40. The van der Waals surface area contributed by atoms with Crippen LogP contribution in [0.2, 0.25) is 0 Å². The lowest BCUT2D eigenvalue weighted by atomic mass is 9.65. The quantitative estimate of drug-likeness (QED) is 0.161. The standard InChI is InChI=1S/C72H47NO2/c1-71(2)61-23-10-7-21-56(61)59-43-52(34-38-62(59)71)73(50-32-26-44(27-33-50)48-31-39-68-60(41-48)58-22-9-12-25-67(58)74-68)51-17-13-16-47(40-51)49-28-35-57-55-20-8-11-24-63(55)72(66(57)42-49)64-36-29-45-14-3-5-18-53(45)69(64)75-70-54-19-6-4-15-46(54)30-37-65(70)72/h3-43H,1-2H3/p+1. The smallest absolute Gasteiger partial charge is 0.269 e.